The summed E-state index contributed by atoms with van der Waals surface area (Å²) < 4.78 is 0. The molecule has 0 fully saturated rings. The van der Waals surface area contributed by atoms with Gasteiger partial charge in [-0.1, -0.05) is 12.1 Å². The normalized spacial score (nSPS) is 11.2. The van der Waals surface area contributed by atoms with Crippen LogP contribution >= 0.6 is 0 Å². The maximum absolute atomic E-state index is 4.75. The molecule has 4 nitrogen and oxygen atoms in total. The molecule has 19 heavy (non-hydrogen) atoms. The highest BCUT2D eigenvalue weighted by atomic mass is 15.1. The van der Waals surface area contributed by atoms with Crippen molar-refractivity contribution < 1.29 is 4.98 Å². The van der Waals surface area contributed by atoms with Gasteiger partial charge in [-0.2, -0.15) is 5.10 Å². The molecule has 0 radical (unpaired) electrons. The number of hydrogen-bond acceptors (Lipinski definition) is 2. The zero-order chi connectivity index (χ0) is 12.7. The molecule has 0 aliphatic heterocycles. The van der Waals surface area contributed by atoms with Gasteiger partial charge in [0.05, 0.1) is 17.2 Å². The highest BCUT2D eigenvalue weighted by Gasteiger charge is 2.09. The number of fused-ring (bicyclic) bond motifs is 3. The first-order valence-electron chi connectivity index (χ1n) is 6.12. The summed E-state index contributed by atoms with van der Waals surface area (Å²) in [7, 11) is 0. The Hall–Kier alpha value is -2.75. The first-order chi connectivity index (χ1) is 9.42. The van der Waals surface area contributed by atoms with Gasteiger partial charge < -0.3 is 0 Å². The molecule has 0 spiro atoms. The van der Waals surface area contributed by atoms with Gasteiger partial charge in [-0.05, 0) is 18.2 Å². The number of aromatic amines is 2. The molecule has 4 heteroatoms. The van der Waals surface area contributed by atoms with Gasteiger partial charge in [0.25, 0.3) is 0 Å². The van der Waals surface area contributed by atoms with Gasteiger partial charge >= 0.3 is 0 Å². The monoisotopic (exact) mass is 247 g/mol. The lowest BCUT2D eigenvalue weighted by Gasteiger charge is -2.00. The Labute approximate surface area is 109 Å². The number of benzene rings is 1. The van der Waals surface area contributed by atoms with Crippen molar-refractivity contribution in [1.82, 2.24) is 15.2 Å². The van der Waals surface area contributed by atoms with Gasteiger partial charge in [0.2, 0.25) is 5.69 Å². The summed E-state index contributed by atoms with van der Waals surface area (Å²) >= 11 is 0. The zero-order valence-electron chi connectivity index (χ0n) is 10.1. The number of nitrogens with one attached hydrogen (secondary N) is 2. The highest BCUT2D eigenvalue weighted by Crippen LogP contribution is 2.24. The Morgan fingerprint density at radius 2 is 1.95 bits per heavy atom. The van der Waals surface area contributed by atoms with E-state index in [1.165, 1.54) is 0 Å². The third-order valence-electron chi connectivity index (χ3n) is 3.26. The molecule has 0 unspecified atom stereocenters. The van der Waals surface area contributed by atoms with Crippen LogP contribution in [0.1, 0.15) is 0 Å². The second-order valence-corrected chi connectivity index (χ2v) is 4.44. The predicted octanol–water partition coefficient (Wildman–Crippen LogP) is 2.59. The van der Waals surface area contributed by atoms with Crippen molar-refractivity contribution in [3.63, 3.8) is 0 Å². The molecule has 0 aliphatic rings. The number of pyridine rings is 2. The zero-order valence-corrected chi connectivity index (χ0v) is 10.1. The van der Waals surface area contributed by atoms with Gasteiger partial charge in [0.15, 0.2) is 6.20 Å². The summed E-state index contributed by atoms with van der Waals surface area (Å²) in [6.45, 7) is 0. The second kappa shape index (κ2) is 3.88. The van der Waals surface area contributed by atoms with Crippen LogP contribution in [0.4, 0.5) is 0 Å². The van der Waals surface area contributed by atoms with E-state index in [1.807, 2.05) is 42.7 Å². The van der Waals surface area contributed by atoms with Crippen LogP contribution in [-0.2, 0) is 0 Å². The SMILES string of the molecule is c1ccc(-c2ccc3ccc4[nH]ncc4c3n2)[nH+]c1. The molecule has 3 heterocycles. The lowest BCUT2D eigenvalue weighted by molar-refractivity contribution is -0.364. The lowest BCUT2D eigenvalue weighted by Crippen LogP contribution is -2.05. The van der Waals surface area contributed by atoms with Crippen LogP contribution < -0.4 is 4.98 Å². The van der Waals surface area contributed by atoms with Crippen molar-refractivity contribution in [2.45, 2.75) is 0 Å². The average Bonchev–Trinajstić information content (AvgIpc) is 2.96. The summed E-state index contributed by atoms with van der Waals surface area (Å²) in [4.78, 5) is 7.96. The van der Waals surface area contributed by atoms with Crippen molar-refractivity contribution in [2.24, 2.45) is 0 Å². The third kappa shape index (κ3) is 1.57. The first-order valence-corrected chi connectivity index (χ1v) is 6.12. The van der Waals surface area contributed by atoms with Crippen molar-refractivity contribution in [3.05, 3.63) is 54.9 Å². The van der Waals surface area contributed by atoms with E-state index in [4.69, 9.17) is 4.98 Å². The largest absolute Gasteiger partial charge is 0.278 e. The topological polar surface area (TPSA) is 55.7 Å². The Morgan fingerprint density at radius 1 is 1.00 bits per heavy atom. The minimum atomic E-state index is 0.932. The van der Waals surface area contributed by atoms with Crippen LogP contribution in [0, 0.1) is 0 Å². The van der Waals surface area contributed by atoms with Crippen molar-refractivity contribution in [2.75, 3.05) is 0 Å². The second-order valence-electron chi connectivity index (χ2n) is 4.44. The van der Waals surface area contributed by atoms with Crippen molar-refractivity contribution in [3.8, 4) is 11.4 Å². The number of rotatable bonds is 1. The quantitative estimate of drug-likeness (QED) is 0.562. The fraction of sp³-hybridized carbons (Fsp3) is 0. The van der Waals surface area contributed by atoms with Crippen LogP contribution in [0.5, 0.6) is 0 Å². The standard InChI is InChI=1S/C15H10N4/c1-2-8-16-13(3-1)14-7-5-10-4-6-12-11(9-17-19-12)15(10)18-14/h1-9H,(H,17,19)/p+1. The molecule has 2 N–H and O–H groups in total. The number of hydrogen-bond donors (Lipinski definition) is 1. The Bertz CT molecular complexity index is 865. The summed E-state index contributed by atoms with van der Waals surface area (Å²) in [5.74, 6) is 0. The van der Waals surface area contributed by atoms with Gasteiger partial charge in [0, 0.05) is 22.9 Å². The van der Waals surface area contributed by atoms with Gasteiger partial charge in [-0.25, -0.2) is 9.97 Å². The summed E-state index contributed by atoms with van der Waals surface area (Å²) in [5, 5.41) is 9.22. The predicted molar refractivity (Wildman–Crippen MR) is 73.4 cm³/mol. The van der Waals surface area contributed by atoms with Crippen LogP contribution in [0.3, 0.4) is 0 Å². The van der Waals surface area contributed by atoms with Crippen LogP contribution in [0.25, 0.3) is 33.2 Å². The Kier molecular flexibility index (Phi) is 2.08. The molecule has 0 atom stereocenters. The Morgan fingerprint density at radius 3 is 2.84 bits per heavy atom. The fourth-order valence-electron chi connectivity index (χ4n) is 2.31. The molecule has 0 saturated heterocycles. The minimum Gasteiger partial charge on any atom is -0.278 e. The lowest BCUT2D eigenvalue weighted by atomic mass is 10.1. The van der Waals surface area contributed by atoms with E-state index in [0.717, 1.165) is 33.2 Å². The van der Waals surface area contributed by atoms with Gasteiger partial charge in [0.1, 0.15) is 5.69 Å². The van der Waals surface area contributed by atoms with Crippen LogP contribution in [0.2, 0.25) is 0 Å². The average molecular weight is 247 g/mol. The van der Waals surface area contributed by atoms with Crippen LogP contribution in [0.15, 0.2) is 54.9 Å². The molecule has 4 aromatic rings. The van der Waals surface area contributed by atoms with E-state index in [1.54, 1.807) is 0 Å². The van der Waals surface area contributed by atoms with E-state index in [-0.39, 0.29) is 0 Å². The minimum absolute atomic E-state index is 0.932. The number of aromatic nitrogens is 4. The molecule has 1 aromatic carbocycles. The molecule has 0 aliphatic carbocycles. The molecular formula is C15H11N4+. The Balaban J connectivity index is 2.04. The summed E-state index contributed by atoms with van der Waals surface area (Å²) in [6.07, 6.45) is 3.72. The van der Waals surface area contributed by atoms with Crippen molar-refractivity contribution >= 4 is 21.8 Å². The van der Waals surface area contributed by atoms with E-state index in [9.17, 15) is 0 Å². The van der Waals surface area contributed by atoms with E-state index >= 15 is 0 Å². The van der Waals surface area contributed by atoms with E-state index < -0.39 is 0 Å². The summed E-state index contributed by atoms with van der Waals surface area (Å²) in [6, 6.07) is 14.2. The molecule has 0 saturated carbocycles. The number of H-pyrrole nitrogens is 2. The van der Waals surface area contributed by atoms with E-state index in [0.29, 0.717) is 0 Å². The third-order valence-corrected chi connectivity index (χ3v) is 3.26. The molecule has 0 amide bonds. The molecule has 0 bridgehead atoms. The number of nitrogens with zero attached hydrogens (tertiary/aromatic N) is 2. The molecular weight excluding hydrogens is 236 g/mol. The highest BCUT2D eigenvalue weighted by molar-refractivity contribution is 6.03. The molecule has 90 valence electrons. The van der Waals surface area contributed by atoms with Gasteiger partial charge in [-0.15, -0.1) is 0 Å². The smallest absolute Gasteiger partial charge is 0.229 e. The molecule has 3 aromatic heterocycles. The van der Waals surface area contributed by atoms with Crippen LogP contribution in [-0.4, -0.2) is 15.2 Å². The van der Waals surface area contributed by atoms with Gasteiger partial charge in [-0.3, -0.25) is 5.10 Å². The van der Waals surface area contributed by atoms with E-state index in [2.05, 4.69) is 27.3 Å². The first kappa shape index (κ1) is 10.2. The van der Waals surface area contributed by atoms with Crippen molar-refractivity contribution in [1.29, 1.82) is 0 Å². The molecule has 4 rings (SSSR count). The summed E-state index contributed by atoms with van der Waals surface area (Å²) in [5.41, 5.74) is 3.92. The maximum Gasteiger partial charge on any atom is 0.229 e. The fourth-order valence-corrected chi connectivity index (χ4v) is 2.31. The maximum atomic E-state index is 4.75.